The first-order valence-electron chi connectivity index (χ1n) is 3.72. The number of nitrogens with zero attached hydrogens (tertiary/aromatic N) is 2. The Hall–Kier alpha value is -0.780. The first-order chi connectivity index (χ1) is 5.79. The molecule has 0 fully saturated rings. The molecule has 0 aromatic rings. The van der Waals surface area contributed by atoms with E-state index in [1.165, 1.54) is 6.21 Å². The molecule has 0 bridgehead atoms. The van der Waals surface area contributed by atoms with E-state index < -0.39 is 0 Å². The molecule has 2 N–H and O–H groups in total. The van der Waals surface area contributed by atoms with Crippen molar-refractivity contribution < 1.29 is 27.3 Å². The molecule has 0 aliphatic carbocycles. The smallest absolute Gasteiger partial charge is 0.209 e. The molecule has 76 valence electrons. The fourth-order valence-electron chi connectivity index (χ4n) is 1.23. The summed E-state index contributed by atoms with van der Waals surface area (Å²) < 4.78 is 4.99. The van der Waals surface area contributed by atoms with Gasteiger partial charge in [0, 0.05) is 14.2 Å². The summed E-state index contributed by atoms with van der Waals surface area (Å²) in [5.74, 6) is 0. The van der Waals surface area contributed by atoms with Crippen LogP contribution in [0.15, 0.2) is 17.6 Å². The molecule has 1 rings (SSSR count). The zero-order chi connectivity index (χ0) is 8.97. The van der Waals surface area contributed by atoms with Gasteiger partial charge in [0.15, 0.2) is 6.73 Å². The Kier molecular flexibility index (Phi) is 5.45. The maximum atomic E-state index is 8.39. The Morgan fingerprint density at radius 1 is 1.77 bits per heavy atom. The molecule has 0 spiro atoms. The summed E-state index contributed by atoms with van der Waals surface area (Å²) in [7, 11) is 3.57. The van der Waals surface area contributed by atoms with Crippen molar-refractivity contribution in [3.05, 3.63) is 12.4 Å². The molecule has 2 unspecified atom stereocenters. The average molecular weight is 208 g/mol. The van der Waals surface area contributed by atoms with E-state index in [4.69, 9.17) is 9.94 Å². The number of nitrogens with one attached hydrogen (secondary N) is 1. The molecule has 0 saturated heterocycles. The molecule has 0 saturated carbocycles. The van der Waals surface area contributed by atoms with Gasteiger partial charge < -0.3 is 27.3 Å². The number of hydrogen-bond acceptors (Lipinski definition) is 4. The van der Waals surface area contributed by atoms with Crippen molar-refractivity contribution in [1.29, 1.82) is 0 Å². The Morgan fingerprint density at radius 2 is 2.46 bits per heavy atom. The van der Waals surface area contributed by atoms with Gasteiger partial charge in [-0.1, -0.05) is 5.16 Å². The van der Waals surface area contributed by atoms with Crippen LogP contribution in [0.2, 0.25) is 0 Å². The Balaban J connectivity index is 0.00000144. The standard InChI is InChI=1S/C7H13N3O2.ClH/c1-9-3-4-10(6-12-2)7(9)5-8-11;/h3-5,7,11H,6H2,1-2H3;1H/b8-5-;. The van der Waals surface area contributed by atoms with Gasteiger partial charge in [-0.15, -0.1) is 0 Å². The van der Waals surface area contributed by atoms with Crippen molar-refractivity contribution in [3.63, 3.8) is 0 Å². The number of rotatable bonds is 3. The summed E-state index contributed by atoms with van der Waals surface area (Å²) in [6, 6.07) is 0. The topological polar surface area (TPSA) is 49.5 Å². The third kappa shape index (κ3) is 2.87. The molecule has 0 amide bonds. The van der Waals surface area contributed by atoms with Crippen molar-refractivity contribution in [1.82, 2.24) is 4.90 Å². The largest absolute Gasteiger partial charge is 1.00 e. The number of hydrogen-bond donors (Lipinski definition) is 2. The zero-order valence-electron chi connectivity index (χ0n) is 7.64. The van der Waals surface area contributed by atoms with Crippen LogP contribution < -0.4 is 17.3 Å². The minimum atomic E-state index is 0. The molecule has 1 heterocycles. The molecule has 2 atom stereocenters. The SMILES string of the molecule is COC[NH+]1C=CN(C)C1/C=N\O.[Cl-]. The molecule has 0 radical (unpaired) electrons. The van der Waals surface area contributed by atoms with Crippen LogP contribution >= 0.6 is 0 Å². The van der Waals surface area contributed by atoms with E-state index >= 15 is 0 Å². The molecule has 0 aromatic carbocycles. The van der Waals surface area contributed by atoms with Crippen molar-refractivity contribution >= 4 is 6.21 Å². The lowest BCUT2D eigenvalue weighted by Gasteiger charge is -2.20. The monoisotopic (exact) mass is 207 g/mol. The predicted molar refractivity (Wildman–Crippen MR) is 43.8 cm³/mol. The molecule has 13 heavy (non-hydrogen) atoms. The molecular weight excluding hydrogens is 194 g/mol. The second kappa shape index (κ2) is 5.80. The number of methoxy groups -OCH3 is 1. The van der Waals surface area contributed by atoms with Gasteiger partial charge in [-0.25, -0.2) is 0 Å². The van der Waals surface area contributed by atoms with E-state index in [2.05, 4.69) is 5.16 Å². The van der Waals surface area contributed by atoms with Crippen molar-refractivity contribution in [3.8, 4) is 0 Å². The van der Waals surface area contributed by atoms with E-state index in [9.17, 15) is 0 Å². The molecule has 5 nitrogen and oxygen atoms in total. The highest BCUT2D eigenvalue weighted by molar-refractivity contribution is 5.61. The van der Waals surface area contributed by atoms with Gasteiger partial charge in [0.05, 0.1) is 6.20 Å². The highest BCUT2D eigenvalue weighted by Gasteiger charge is 2.26. The van der Waals surface area contributed by atoms with Gasteiger partial charge >= 0.3 is 0 Å². The molecule has 6 heteroatoms. The van der Waals surface area contributed by atoms with E-state index in [-0.39, 0.29) is 18.6 Å². The first kappa shape index (κ1) is 12.2. The summed E-state index contributed by atoms with van der Waals surface area (Å²) >= 11 is 0. The summed E-state index contributed by atoms with van der Waals surface area (Å²) in [5, 5.41) is 11.4. The summed E-state index contributed by atoms with van der Waals surface area (Å²) in [4.78, 5) is 3.05. The quantitative estimate of drug-likeness (QED) is 0.280. The lowest BCUT2D eigenvalue weighted by molar-refractivity contribution is -0.885. The van der Waals surface area contributed by atoms with Crippen LogP contribution in [0, 0.1) is 0 Å². The van der Waals surface area contributed by atoms with Crippen LogP contribution in [-0.4, -0.2) is 43.4 Å². The van der Waals surface area contributed by atoms with Crippen molar-refractivity contribution in [2.45, 2.75) is 6.17 Å². The Bertz CT molecular complexity index is 198. The fourth-order valence-corrected chi connectivity index (χ4v) is 1.23. The van der Waals surface area contributed by atoms with E-state index in [0.717, 1.165) is 4.90 Å². The molecule has 0 aromatic heterocycles. The third-order valence-electron chi connectivity index (χ3n) is 1.86. The van der Waals surface area contributed by atoms with Crippen LogP contribution in [0.4, 0.5) is 0 Å². The van der Waals surface area contributed by atoms with Gasteiger partial charge in [0.25, 0.3) is 0 Å². The van der Waals surface area contributed by atoms with Crippen LogP contribution in [0.25, 0.3) is 0 Å². The highest BCUT2D eigenvalue weighted by atomic mass is 35.5. The van der Waals surface area contributed by atoms with Crippen LogP contribution in [0.3, 0.4) is 0 Å². The van der Waals surface area contributed by atoms with Crippen LogP contribution in [0.1, 0.15) is 0 Å². The van der Waals surface area contributed by atoms with Crippen LogP contribution in [-0.2, 0) is 4.74 Å². The number of halogens is 1. The second-order valence-corrected chi connectivity index (χ2v) is 2.70. The minimum absolute atomic E-state index is 0. The number of quaternary nitrogens is 1. The Labute approximate surface area is 83.7 Å². The van der Waals surface area contributed by atoms with Gasteiger partial charge in [-0.05, 0) is 0 Å². The lowest BCUT2D eigenvalue weighted by Crippen LogP contribution is -3.12. The maximum Gasteiger partial charge on any atom is 0.209 e. The molecular formula is C7H14ClN3O2. The van der Waals surface area contributed by atoms with Crippen molar-refractivity contribution in [2.75, 3.05) is 20.9 Å². The highest BCUT2D eigenvalue weighted by Crippen LogP contribution is 1.92. The average Bonchev–Trinajstić information content (AvgIpc) is 2.37. The van der Waals surface area contributed by atoms with E-state index in [1.807, 2.05) is 24.3 Å². The summed E-state index contributed by atoms with van der Waals surface area (Å²) in [6.45, 7) is 0.567. The molecule has 1 aliphatic heterocycles. The van der Waals surface area contributed by atoms with Crippen molar-refractivity contribution in [2.24, 2.45) is 5.16 Å². The summed E-state index contributed by atoms with van der Waals surface area (Å²) in [6.07, 6.45) is 5.42. The summed E-state index contributed by atoms with van der Waals surface area (Å²) in [5.41, 5.74) is 0. The number of ether oxygens (including phenoxy) is 1. The maximum absolute atomic E-state index is 8.39. The second-order valence-electron chi connectivity index (χ2n) is 2.70. The van der Waals surface area contributed by atoms with Gasteiger partial charge in [0.2, 0.25) is 6.17 Å². The Morgan fingerprint density at radius 3 is 3.00 bits per heavy atom. The predicted octanol–water partition coefficient (Wildman–Crippen LogP) is -4.32. The number of oxime groups is 1. The lowest BCUT2D eigenvalue weighted by atomic mass is 10.5. The van der Waals surface area contributed by atoms with Crippen LogP contribution in [0.5, 0.6) is 0 Å². The molecule has 1 aliphatic rings. The first-order valence-corrected chi connectivity index (χ1v) is 3.72. The zero-order valence-corrected chi connectivity index (χ0v) is 8.40. The minimum Gasteiger partial charge on any atom is -1.00 e. The van der Waals surface area contributed by atoms with Gasteiger partial charge in [-0.2, -0.15) is 0 Å². The van der Waals surface area contributed by atoms with Gasteiger partial charge in [0.1, 0.15) is 12.4 Å². The van der Waals surface area contributed by atoms with E-state index in [1.54, 1.807) is 7.11 Å². The van der Waals surface area contributed by atoms with E-state index in [0.29, 0.717) is 6.73 Å². The fraction of sp³-hybridized carbons (Fsp3) is 0.571. The van der Waals surface area contributed by atoms with Gasteiger partial charge in [-0.3, -0.25) is 4.90 Å². The normalized spacial score (nSPS) is 26.8. The third-order valence-corrected chi connectivity index (χ3v) is 1.86.